The van der Waals surface area contributed by atoms with Crippen molar-refractivity contribution in [1.29, 1.82) is 0 Å². The Balaban J connectivity index is 1.50. The van der Waals surface area contributed by atoms with Crippen LogP contribution in [0.1, 0.15) is 19.3 Å². The van der Waals surface area contributed by atoms with E-state index < -0.39 is 11.4 Å². The van der Waals surface area contributed by atoms with Crippen LogP contribution in [0.2, 0.25) is 0 Å². The monoisotopic (exact) mass is 388 g/mol. The van der Waals surface area contributed by atoms with Crippen LogP contribution in [0.15, 0.2) is 29.4 Å². The number of aliphatic carboxylic acids is 1. The molecule has 1 aliphatic heterocycles. The highest BCUT2D eigenvalue weighted by atomic mass is 32.2. The number of thioether (sulfide) groups is 1. The predicted molar refractivity (Wildman–Crippen MR) is 98.9 cm³/mol. The van der Waals surface area contributed by atoms with E-state index >= 15 is 0 Å². The number of rotatable bonds is 4. The SMILES string of the molecule is CSc1nnnn1-c1cccc(NC(=O)N2C[C@@H]3CCC[C@@]3(C(=O)O)C2)c1. The quantitative estimate of drug-likeness (QED) is 0.771. The maximum Gasteiger partial charge on any atom is 0.321 e. The largest absolute Gasteiger partial charge is 0.481 e. The molecule has 2 aromatic rings. The Bertz CT molecular complexity index is 887. The highest BCUT2D eigenvalue weighted by molar-refractivity contribution is 7.98. The topological polar surface area (TPSA) is 113 Å². The van der Waals surface area contributed by atoms with E-state index in [9.17, 15) is 14.7 Å². The number of aromatic nitrogens is 4. The molecule has 2 N–H and O–H groups in total. The first-order valence-corrected chi connectivity index (χ1v) is 9.98. The molecule has 9 nitrogen and oxygen atoms in total. The zero-order chi connectivity index (χ0) is 19.0. The molecule has 4 rings (SSSR count). The zero-order valence-electron chi connectivity index (χ0n) is 14.8. The van der Waals surface area contributed by atoms with E-state index in [0.29, 0.717) is 23.8 Å². The minimum absolute atomic E-state index is 0.0393. The van der Waals surface area contributed by atoms with E-state index in [1.165, 1.54) is 11.8 Å². The molecule has 2 amide bonds. The van der Waals surface area contributed by atoms with Crippen molar-refractivity contribution in [3.05, 3.63) is 24.3 Å². The van der Waals surface area contributed by atoms with E-state index in [0.717, 1.165) is 18.5 Å². The summed E-state index contributed by atoms with van der Waals surface area (Å²) in [5.74, 6) is -0.747. The first-order chi connectivity index (χ1) is 13.0. The average Bonchev–Trinajstić information content (AvgIpc) is 3.35. The Kier molecular flexibility index (Phi) is 4.50. The number of urea groups is 1. The second kappa shape index (κ2) is 6.84. The fourth-order valence-corrected chi connectivity index (χ4v) is 4.61. The van der Waals surface area contributed by atoms with Crippen molar-refractivity contribution >= 4 is 29.4 Å². The van der Waals surface area contributed by atoms with Crippen LogP contribution < -0.4 is 5.32 Å². The summed E-state index contributed by atoms with van der Waals surface area (Å²) in [4.78, 5) is 26.1. The maximum atomic E-state index is 12.7. The second-order valence-electron chi connectivity index (χ2n) is 6.99. The van der Waals surface area contributed by atoms with Gasteiger partial charge < -0.3 is 15.3 Å². The molecule has 1 saturated heterocycles. The Morgan fingerprint density at radius 3 is 3.00 bits per heavy atom. The number of nitrogens with one attached hydrogen (secondary N) is 1. The molecule has 0 unspecified atom stereocenters. The molecule has 142 valence electrons. The molecule has 2 atom stereocenters. The third-order valence-corrected chi connectivity index (χ3v) is 6.17. The van der Waals surface area contributed by atoms with E-state index in [1.807, 2.05) is 18.4 Å². The third-order valence-electron chi connectivity index (χ3n) is 5.55. The molecule has 0 radical (unpaired) electrons. The number of likely N-dealkylation sites (tertiary alicyclic amines) is 1. The summed E-state index contributed by atoms with van der Waals surface area (Å²) in [6.07, 6.45) is 4.31. The number of hydrogen-bond acceptors (Lipinski definition) is 6. The lowest BCUT2D eigenvalue weighted by Crippen LogP contribution is -2.38. The lowest BCUT2D eigenvalue weighted by Gasteiger charge is -2.23. The zero-order valence-corrected chi connectivity index (χ0v) is 15.6. The van der Waals surface area contributed by atoms with Gasteiger partial charge in [0.2, 0.25) is 5.16 Å². The highest BCUT2D eigenvalue weighted by Gasteiger charge is 2.55. The van der Waals surface area contributed by atoms with Crippen LogP contribution in [-0.2, 0) is 4.79 Å². The lowest BCUT2D eigenvalue weighted by atomic mass is 9.81. The number of carbonyl (C=O) groups excluding carboxylic acids is 1. The minimum Gasteiger partial charge on any atom is -0.481 e. The number of nitrogens with zero attached hydrogens (tertiary/aromatic N) is 5. The summed E-state index contributed by atoms with van der Waals surface area (Å²) in [5.41, 5.74) is 0.572. The molecule has 0 spiro atoms. The molecule has 2 aliphatic rings. The lowest BCUT2D eigenvalue weighted by molar-refractivity contribution is -0.149. The number of anilines is 1. The van der Waals surface area contributed by atoms with Gasteiger partial charge >= 0.3 is 12.0 Å². The molecule has 1 aromatic heterocycles. The first kappa shape index (κ1) is 17.8. The first-order valence-electron chi connectivity index (χ1n) is 8.75. The Labute approximate surface area is 160 Å². The summed E-state index contributed by atoms with van der Waals surface area (Å²) < 4.78 is 1.60. The maximum absolute atomic E-state index is 12.7. The molecule has 27 heavy (non-hydrogen) atoms. The van der Waals surface area contributed by atoms with E-state index in [-0.39, 0.29) is 18.5 Å². The fourth-order valence-electron chi connectivity index (χ4n) is 4.18. The Morgan fingerprint density at radius 1 is 1.41 bits per heavy atom. The summed E-state index contributed by atoms with van der Waals surface area (Å²) in [6, 6.07) is 6.97. The number of fused-ring (bicyclic) bond motifs is 1. The van der Waals surface area contributed by atoms with Crippen LogP contribution in [0, 0.1) is 11.3 Å². The average molecular weight is 388 g/mol. The third kappa shape index (κ3) is 3.03. The van der Waals surface area contributed by atoms with E-state index in [1.54, 1.807) is 21.7 Å². The molecule has 2 fully saturated rings. The normalized spacial score (nSPS) is 24.0. The number of benzene rings is 1. The van der Waals surface area contributed by atoms with Gasteiger partial charge in [0.15, 0.2) is 0 Å². The van der Waals surface area contributed by atoms with Gasteiger partial charge in [-0.05, 0) is 53.6 Å². The summed E-state index contributed by atoms with van der Waals surface area (Å²) in [6.45, 7) is 0.754. The summed E-state index contributed by atoms with van der Waals surface area (Å²) >= 11 is 1.42. The molecular formula is C17H20N6O3S. The van der Waals surface area contributed by atoms with Crippen LogP contribution >= 0.6 is 11.8 Å². The molecule has 2 heterocycles. The van der Waals surface area contributed by atoms with Gasteiger partial charge in [0.1, 0.15) is 0 Å². The van der Waals surface area contributed by atoms with Crippen LogP contribution in [0.25, 0.3) is 5.69 Å². The molecule has 1 saturated carbocycles. The molecule has 1 aliphatic carbocycles. The van der Waals surface area contributed by atoms with Gasteiger partial charge in [-0.15, -0.1) is 5.10 Å². The van der Waals surface area contributed by atoms with Gasteiger partial charge in [0.05, 0.1) is 11.1 Å². The van der Waals surface area contributed by atoms with E-state index in [4.69, 9.17) is 0 Å². The summed E-state index contributed by atoms with van der Waals surface area (Å²) in [7, 11) is 0. The van der Waals surface area contributed by atoms with Crippen LogP contribution in [0.4, 0.5) is 10.5 Å². The minimum atomic E-state index is -0.787. The number of carbonyl (C=O) groups is 2. The van der Waals surface area contributed by atoms with Crippen molar-refractivity contribution in [2.45, 2.75) is 24.4 Å². The van der Waals surface area contributed by atoms with Crippen LogP contribution in [-0.4, -0.2) is 61.6 Å². The van der Waals surface area contributed by atoms with Crippen molar-refractivity contribution in [2.24, 2.45) is 11.3 Å². The highest BCUT2D eigenvalue weighted by Crippen LogP contribution is 2.48. The fraction of sp³-hybridized carbons (Fsp3) is 0.471. The van der Waals surface area contributed by atoms with E-state index in [2.05, 4.69) is 20.8 Å². The van der Waals surface area contributed by atoms with Crippen molar-refractivity contribution in [3.63, 3.8) is 0 Å². The molecule has 1 aromatic carbocycles. The predicted octanol–water partition coefficient (Wildman–Crippen LogP) is 2.10. The second-order valence-corrected chi connectivity index (χ2v) is 7.76. The Morgan fingerprint density at radius 2 is 2.26 bits per heavy atom. The Hall–Kier alpha value is -2.62. The van der Waals surface area contributed by atoms with Crippen molar-refractivity contribution < 1.29 is 14.7 Å². The van der Waals surface area contributed by atoms with Crippen molar-refractivity contribution in [1.82, 2.24) is 25.1 Å². The van der Waals surface area contributed by atoms with Crippen molar-refractivity contribution in [3.8, 4) is 5.69 Å². The van der Waals surface area contributed by atoms with Gasteiger partial charge in [0.25, 0.3) is 0 Å². The van der Waals surface area contributed by atoms with Gasteiger partial charge in [-0.2, -0.15) is 4.68 Å². The van der Waals surface area contributed by atoms with Gasteiger partial charge in [0, 0.05) is 18.8 Å². The van der Waals surface area contributed by atoms with Crippen LogP contribution in [0.3, 0.4) is 0 Å². The number of tetrazole rings is 1. The molecule has 0 bridgehead atoms. The number of carboxylic acids is 1. The van der Waals surface area contributed by atoms with Crippen LogP contribution in [0.5, 0.6) is 0 Å². The molecular weight excluding hydrogens is 368 g/mol. The van der Waals surface area contributed by atoms with Gasteiger partial charge in [-0.1, -0.05) is 24.2 Å². The van der Waals surface area contributed by atoms with Gasteiger partial charge in [-0.25, -0.2) is 4.79 Å². The summed E-state index contributed by atoms with van der Waals surface area (Å²) in [5, 5.41) is 24.8. The standard InChI is InChI=1S/C17H20N6O3S/c1-27-16-19-20-21-23(16)13-6-2-5-12(8-13)18-15(26)22-9-11-4-3-7-17(11,10-22)14(24)25/h2,5-6,8,11H,3-4,7,9-10H2,1H3,(H,18,26)(H,24,25)/t11-,17+/m0/s1. The smallest absolute Gasteiger partial charge is 0.321 e. The number of amides is 2. The van der Waals surface area contributed by atoms with Crippen molar-refractivity contribution in [2.75, 3.05) is 24.7 Å². The number of hydrogen-bond donors (Lipinski definition) is 2. The van der Waals surface area contributed by atoms with Gasteiger partial charge in [-0.3, -0.25) is 4.79 Å². The number of carboxylic acid groups (broad SMARTS) is 1. The molecule has 10 heteroatoms.